The molecule has 1 saturated heterocycles. The van der Waals surface area contributed by atoms with Crippen molar-refractivity contribution in [3.63, 3.8) is 0 Å². The molecule has 0 bridgehead atoms. The van der Waals surface area contributed by atoms with E-state index >= 15 is 0 Å². The Hall–Kier alpha value is -3.30. The number of aliphatic hydroxyl groups is 1. The van der Waals surface area contributed by atoms with Gasteiger partial charge in [0.2, 0.25) is 5.91 Å². The molecular weight excluding hydrogens is 624 g/mol. The van der Waals surface area contributed by atoms with Crippen molar-refractivity contribution in [3.05, 3.63) is 82.4 Å². The summed E-state index contributed by atoms with van der Waals surface area (Å²) in [7, 11) is 5.80. The van der Waals surface area contributed by atoms with Crippen LogP contribution in [0.15, 0.2) is 60.7 Å². The van der Waals surface area contributed by atoms with Crippen LogP contribution in [0.1, 0.15) is 68.7 Å². The first-order valence-electron chi connectivity index (χ1n) is 17.5. The summed E-state index contributed by atoms with van der Waals surface area (Å²) in [6.45, 7) is 7.75. The van der Waals surface area contributed by atoms with Gasteiger partial charge in [-0.25, -0.2) is 0 Å². The minimum atomic E-state index is -0.343. The molecule has 2 fully saturated rings. The molecule has 1 saturated carbocycles. The van der Waals surface area contributed by atoms with Crippen LogP contribution in [0.25, 0.3) is 0 Å². The van der Waals surface area contributed by atoms with Gasteiger partial charge in [0, 0.05) is 55.7 Å². The predicted octanol–water partition coefficient (Wildman–Crippen LogP) is 6.77. The van der Waals surface area contributed by atoms with Crippen LogP contribution in [-0.2, 0) is 11.2 Å². The zero-order chi connectivity index (χ0) is 33.9. The molecule has 0 aromatic heterocycles. The molecule has 3 aliphatic rings. The van der Waals surface area contributed by atoms with Crippen LogP contribution in [0.2, 0.25) is 5.02 Å². The minimum Gasteiger partial charge on any atom is -0.493 e. The number of carbonyl (C=O) groups excluding carboxylic acids is 1. The number of amides is 1. The second-order valence-electron chi connectivity index (χ2n) is 14.1. The fourth-order valence-corrected chi connectivity index (χ4v) is 7.83. The van der Waals surface area contributed by atoms with Crippen molar-refractivity contribution < 1.29 is 19.4 Å². The molecule has 6 rings (SSSR count). The van der Waals surface area contributed by atoms with Crippen molar-refractivity contribution in [2.75, 3.05) is 57.2 Å². The van der Waals surface area contributed by atoms with E-state index in [4.69, 9.17) is 21.1 Å². The summed E-state index contributed by atoms with van der Waals surface area (Å²) < 4.78 is 11.8. The number of piperazine rings is 1. The van der Waals surface area contributed by atoms with E-state index in [1.54, 1.807) is 7.11 Å². The molecule has 48 heavy (non-hydrogen) atoms. The van der Waals surface area contributed by atoms with E-state index in [0.717, 1.165) is 60.2 Å². The second-order valence-corrected chi connectivity index (χ2v) is 14.6. The van der Waals surface area contributed by atoms with Gasteiger partial charge in [-0.3, -0.25) is 14.6 Å². The number of aliphatic hydroxyl groups excluding tert-OH is 1. The number of halogens is 1. The molecule has 3 aromatic rings. The molecule has 0 spiro atoms. The summed E-state index contributed by atoms with van der Waals surface area (Å²) in [5.74, 6) is 2.07. The zero-order valence-electron chi connectivity index (χ0n) is 29.1. The lowest BCUT2D eigenvalue weighted by Gasteiger charge is -2.43. The zero-order valence-corrected chi connectivity index (χ0v) is 29.8. The summed E-state index contributed by atoms with van der Waals surface area (Å²) in [5.41, 5.74) is 4.94. The summed E-state index contributed by atoms with van der Waals surface area (Å²) in [6, 6.07) is 20.4. The maximum absolute atomic E-state index is 13.9. The van der Waals surface area contributed by atoms with Gasteiger partial charge in [0.05, 0.1) is 25.7 Å². The SMILES string of the molecule is COc1cc2c(cc1OC(C)C)[C@H](c1ccc(Cl)cc1)N(c1ccc(N(C)CC[C@H]3CC[C@H](N4CCN(C)C(O)C4)CC3)cc1)C(=O)C2. The fraction of sp³-hybridized carbons (Fsp3) is 0.513. The maximum atomic E-state index is 13.9. The van der Waals surface area contributed by atoms with Crippen LogP contribution >= 0.6 is 11.6 Å². The molecule has 2 atom stereocenters. The highest BCUT2D eigenvalue weighted by molar-refractivity contribution is 6.30. The molecule has 1 unspecified atom stereocenters. The number of benzene rings is 3. The molecule has 9 heteroatoms. The molecule has 2 aliphatic heterocycles. The number of ether oxygens (including phenoxy) is 2. The van der Waals surface area contributed by atoms with Crippen molar-refractivity contribution in [1.29, 1.82) is 0 Å². The highest BCUT2D eigenvalue weighted by Crippen LogP contribution is 2.44. The van der Waals surface area contributed by atoms with Crippen LogP contribution in [0.3, 0.4) is 0 Å². The molecule has 0 radical (unpaired) electrons. The number of fused-ring (bicyclic) bond motifs is 1. The topological polar surface area (TPSA) is 68.7 Å². The van der Waals surface area contributed by atoms with Gasteiger partial charge < -0.3 is 24.4 Å². The summed E-state index contributed by atoms with van der Waals surface area (Å²) in [4.78, 5) is 22.7. The number of nitrogens with zero attached hydrogens (tertiary/aromatic N) is 4. The molecule has 8 nitrogen and oxygen atoms in total. The number of anilines is 2. The average Bonchev–Trinajstić information content (AvgIpc) is 3.08. The van der Waals surface area contributed by atoms with E-state index in [9.17, 15) is 9.90 Å². The van der Waals surface area contributed by atoms with Crippen molar-refractivity contribution in [1.82, 2.24) is 9.80 Å². The van der Waals surface area contributed by atoms with Gasteiger partial charge in [-0.05, 0) is 124 Å². The minimum absolute atomic E-state index is 0.0242. The van der Waals surface area contributed by atoms with E-state index in [2.05, 4.69) is 41.1 Å². The molecular formula is C39H51ClN4O4. The normalized spacial score (nSPS) is 23.7. The number of hydrogen-bond acceptors (Lipinski definition) is 7. The lowest BCUT2D eigenvalue weighted by atomic mass is 9.83. The van der Waals surface area contributed by atoms with Crippen molar-refractivity contribution in [2.45, 2.75) is 76.8 Å². The number of β-amino-alcohol motifs (C(OH)–C–C–N with tert-alkyl or cyclic N) is 1. The Bertz CT molecular complexity index is 1540. The lowest BCUT2D eigenvalue weighted by Crippen LogP contribution is -2.55. The number of hydrogen-bond donors (Lipinski definition) is 1. The van der Waals surface area contributed by atoms with E-state index < -0.39 is 0 Å². The Kier molecular flexibility index (Phi) is 10.9. The van der Waals surface area contributed by atoms with E-state index in [-0.39, 0.29) is 30.7 Å². The Morgan fingerprint density at radius 1 is 0.979 bits per heavy atom. The number of carbonyl (C=O) groups is 1. The van der Waals surface area contributed by atoms with Gasteiger partial charge in [0.15, 0.2) is 11.5 Å². The first-order chi connectivity index (χ1) is 23.1. The standard InChI is InChI=1S/C39H51ClN4O4/c1-26(2)48-36-24-34-29(22-35(36)47-5)23-37(45)44(39(34)28-8-10-30(40)11-9-28)33-16-14-31(15-17-33)41(3)19-18-27-6-12-32(13-7-27)43-21-20-42(4)38(46)25-43/h8-11,14-17,22,24,26-27,32,38-39,46H,6-7,12-13,18-21,23,25H2,1-5H3/t27-,32-,38?,39-/m0/s1. The Morgan fingerprint density at radius 2 is 1.69 bits per heavy atom. The average molecular weight is 675 g/mol. The van der Waals surface area contributed by atoms with Gasteiger partial charge >= 0.3 is 0 Å². The van der Waals surface area contributed by atoms with E-state index in [1.807, 2.05) is 67.1 Å². The maximum Gasteiger partial charge on any atom is 0.232 e. The predicted molar refractivity (Wildman–Crippen MR) is 194 cm³/mol. The first-order valence-corrected chi connectivity index (χ1v) is 17.9. The Balaban J connectivity index is 1.15. The van der Waals surface area contributed by atoms with Crippen molar-refractivity contribution in [2.24, 2.45) is 5.92 Å². The van der Waals surface area contributed by atoms with Crippen molar-refractivity contribution in [3.8, 4) is 11.5 Å². The van der Waals surface area contributed by atoms with Crippen LogP contribution in [-0.4, -0.2) is 86.6 Å². The van der Waals surface area contributed by atoms with E-state index in [1.165, 1.54) is 32.1 Å². The van der Waals surface area contributed by atoms with Crippen LogP contribution < -0.4 is 19.3 Å². The van der Waals surface area contributed by atoms with Crippen molar-refractivity contribution >= 4 is 28.9 Å². The van der Waals surface area contributed by atoms with Gasteiger partial charge in [0.1, 0.15) is 6.23 Å². The molecule has 3 aromatic carbocycles. The quantitative estimate of drug-likeness (QED) is 0.255. The van der Waals surface area contributed by atoms with E-state index in [0.29, 0.717) is 22.6 Å². The third-order valence-electron chi connectivity index (χ3n) is 10.6. The van der Waals surface area contributed by atoms with Gasteiger partial charge in [-0.1, -0.05) is 23.7 Å². The lowest BCUT2D eigenvalue weighted by molar-refractivity contribution is -0.118. The number of likely N-dealkylation sites (N-methyl/N-ethyl adjacent to an activating group) is 1. The third-order valence-corrected chi connectivity index (χ3v) is 10.8. The largest absolute Gasteiger partial charge is 0.493 e. The molecule has 1 N–H and O–H groups in total. The molecule has 1 amide bonds. The monoisotopic (exact) mass is 674 g/mol. The number of methoxy groups -OCH3 is 1. The second kappa shape index (κ2) is 15.1. The van der Waals surface area contributed by atoms with Crippen LogP contribution in [0, 0.1) is 5.92 Å². The Labute approximate surface area is 291 Å². The molecule has 2 heterocycles. The molecule has 258 valence electrons. The van der Waals surface area contributed by atoms with Crippen LogP contribution in [0.5, 0.6) is 11.5 Å². The molecule has 1 aliphatic carbocycles. The Morgan fingerprint density at radius 3 is 2.33 bits per heavy atom. The van der Waals surface area contributed by atoms with Crippen LogP contribution in [0.4, 0.5) is 11.4 Å². The van der Waals surface area contributed by atoms with Gasteiger partial charge in [0.25, 0.3) is 0 Å². The number of rotatable bonds is 10. The summed E-state index contributed by atoms with van der Waals surface area (Å²) >= 11 is 6.29. The van der Waals surface area contributed by atoms with Gasteiger partial charge in [-0.15, -0.1) is 0 Å². The highest BCUT2D eigenvalue weighted by atomic mass is 35.5. The summed E-state index contributed by atoms with van der Waals surface area (Å²) in [5, 5.41) is 11.0. The van der Waals surface area contributed by atoms with Gasteiger partial charge in [-0.2, -0.15) is 0 Å². The highest BCUT2D eigenvalue weighted by Gasteiger charge is 2.36. The smallest absolute Gasteiger partial charge is 0.232 e. The summed E-state index contributed by atoms with van der Waals surface area (Å²) in [6.07, 6.45) is 6.02. The third kappa shape index (κ3) is 7.62. The fourth-order valence-electron chi connectivity index (χ4n) is 7.71. The first kappa shape index (κ1) is 34.6.